The number of carbonyl (C=O) groups excluding carboxylic acids is 1. The van der Waals surface area contributed by atoms with Crippen molar-refractivity contribution in [3.63, 3.8) is 0 Å². The van der Waals surface area contributed by atoms with E-state index in [-0.39, 0.29) is 17.1 Å². The molecular weight excluding hydrogens is 411 g/mol. The molecule has 0 saturated heterocycles. The highest BCUT2D eigenvalue weighted by molar-refractivity contribution is 6.04. The number of nitrogens with one attached hydrogen (secondary N) is 1. The summed E-state index contributed by atoms with van der Waals surface area (Å²) in [4.78, 5) is 23.6. The highest BCUT2D eigenvalue weighted by Crippen LogP contribution is 2.26. The number of aryl methyl sites for hydroxylation is 2. The van der Waals surface area contributed by atoms with Gasteiger partial charge >= 0.3 is 0 Å². The van der Waals surface area contributed by atoms with E-state index in [0.29, 0.717) is 16.9 Å². The largest absolute Gasteiger partial charge is 0.318 e. The molecule has 0 aliphatic rings. The Morgan fingerprint density at radius 1 is 1.03 bits per heavy atom. The zero-order chi connectivity index (χ0) is 22.8. The van der Waals surface area contributed by atoms with E-state index < -0.39 is 16.6 Å². The third kappa shape index (κ3) is 4.11. The number of rotatable bonds is 5. The summed E-state index contributed by atoms with van der Waals surface area (Å²) in [5.41, 5.74) is 3.88. The van der Waals surface area contributed by atoms with E-state index in [1.54, 1.807) is 24.3 Å². The molecule has 7 nitrogen and oxygen atoms in total. The van der Waals surface area contributed by atoms with Crippen LogP contribution < -0.4 is 5.32 Å². The zero-order valence-electron chi connectivity index (χ0n) is 17.4. The number of nitro groups is 1. The number of hydrogen-bond donors (Lipinski definition) is 1. The van der Waals surface area contributed by atoms with Crippen LogP contribution in [0.15, 0.2) is 72.8 Å². The molecule has 1 amide bonds. The molecule has 0 radical (unpaired) electrons. The Morgan fingerprint density at radius 3 is 2.44 bits per heavy atom. The molecule has 0 bridgehead atoms. The predicted molar refractivity (Wildman–Crippen MR) is 119 cm³/mol. The minimum Gasteiger partial charge on any atom is -0.318 e. The van der Waals surface area contributed by atoms with Gasteiger partial charge in [-0.05, 0) is 61.4 Å². The van der Waals surface area contributed by atoms with Gasteiger partial charge in [-0.2, -0.15) is 5.10 Å². The maximum atomic E-state index is 14.1. The summed E-state index contributed by atoms with van der Waals surface area (Å²) in [7, 11) is 0. The Kier molecular flexibility index (Phi) is 5.51. The van der Waals surface area contributed by atoms with Crippen LogP contribution in [0.25, 0.3) is 16.9 Å². The number of nitrogens with zero attached hydrogens (tertiary/aromatic N) is 3. The van der Waals surface area contributed by atoms with Gasteiger partial charge in [-0.3, -0.25) is 14.9 Å². The van der Waals surface area contributed by atoms with Gasteiger partial charge in [-0.1, -0.05) is 24.3 Å². The van der Waals surface area contributed by atoms with Crippen LogP contribution in [0.4, 0.5) is 15.8 Å². The van der Waals surface area contributed by atoms with Crippen molar-refractivity contribution in [2.24, 2.45) is 0 Å². The molecule has 160 valence electrons. The Balaban J connectivity index is 1.81. The lowest BCUT2D eigenvalue weighted by Crippen LogP contribution is -2.18. The molecule has 0 aliphatic heterocycles. The van der Waals surface area contributed by atoms with E-state index in [0.717, 1.165) is 11.1 Å². The molecule has 0 atom stereocenters. The first-order chi connectivity index (χ1) is 15.3. The average molecular weight is 430 g/mol. The molecule has 0 unspecified atom stereocenters. The van der Waals surface area contributed by atoms with Crippen LogP contribution >= 0.6 is 0 Å². The van der Waals surface area contributed by atoms with Crippen molar-refractivity contribution in [1.82, 2.24) is 9.78 Å². The fourth-order valence-electron chi connectivity index (χ4n) is 3.32. The van der Waals surface area contributed by atoms with Crippen molar-refractivity contribution >= 4 is 17.3 Å². The van der Waals surface area contributed by atoms with Gasteiger partial charge in [0.2, 0.25) is 0 Å². The molecule has 0 saturated carbocycles. The van der Waals surface area contributed by atoms with Crippen molar-refractivity contribution in [1.29, 1.82) is 0 Å². The topological polar surface area (TPSA) is 90.1 Å². The minimum absolute atomic E-state index is 0.0415. The zero-order valence-corrected chi connectivity index (χ0v) is 17.4. The SMILES string of the molecule is Cc1ccc(C)c(-n2nc(-c3ccc([N+](=O)[O-])cc3)cc2C(=O)Nc2ccccc2F)c1. The van der Waals surface area contributed by atoms with Gasteiger partial charge < -0.3 is 5.32 Å². The number of non-ortho nitro benzene ring substituents is 1. The molecule has 4 rings (SSSR count). The van der Waals surface area contributed by atoms with Crippen molar-refractivity contribution in [3.8, 4) is 16.9 Å². The van der Waals surface area contributed by atoms with E-state index in [9.17, 15) is 19.3 Å². The van der Waals surface area contributed by atoms with E-state index in [1.165, 1.54) is 35.0 Å². The lowest BCUT2D eigenvalue weighted by atomic mass is 10.1. The third-order valence-electron chi connectivity index (χ3n) is 5.03. The number of nitro benzene ring substituents is 1. The van der Waals surface area contributed by atoms with Crippen LogP contribution in [-0.2, 0) is 0 Å². The highest BCUT2D eigenvalue weighted by atomic mass is 19.1. The van der Waals surface area contributed by atoms with Crippen LogP contribution in [0.1, 0.15) is 21.6 Å². The van der Waals surface area contributed by atoms with Crippen LogP contribution in [0.3, 0.4) is 0 Å². The molecule has 4 aromatic rings. The second-order valence-electron chi connectivity index (χ2n) is 7.35. The van der Waals surface area contributed by atoms with Crippen molar-refractivity contribution in [2.45, 2.75) is 13.8 Å². The molecule has 32 heavy (non-hydrogen) atoms. The summed E-state index contributed by atoms with van der Waals surface area (Å²) in [6, 6.07) is 19.2. The van der Waals surface area contributed by atoms with E-state index in [2.05, 4.69) is 10.4 Å². The van der Waals surface area contributed by atoms with Crippen molar-refractivity contribution in [3.05, 3.63) is 106 Å². The predicted octanol–water partition coefficient (Wildman–Crippen LogP) is 5.46. The van der Waals surface area contributed by atoms with E-state index in [1.807, 2.05) is 32.0 Å². The number of amides is 1. The molecular formula is C24H19FN4O3. The van der Waals surface area contributed by atoms with Crippen LogP contribution in [0.5, 0.6) is 0 Å². The van der Waals surface area contributed by atoms with Gasteiger partial charge in [0.05, 0.1) is 22.0 Å². The number of hydrogen-bond acceptors (Lipinski definition) is 4. The fraction of sp³-hybridized carbons (Fsp3) is 0.0833. The lowest BCUT2D eigenvalue weighted by Gasteiger charge is -2.12. The molecule has 0 spiro atoms. The number of aromatic nitrogens is 2. The summed E-state index contributed by atoms with van der Waals surface area (Å²) in [6.45, 7) is 3.84. The summed E-state index contributed by atoms with van der Waals surface area (Å²) >= 11 is 0. The summed E-state index contributed by atoms with van der Waals surface area (Å²) in [5, 5.41) is 18.2. The number of carbonyl (C=O) groups is 1. The van der Waals surface area contributed by atoms with Crippen LogP contribution in [0.2, 0.25) is 0 Å². The van der Waals surface area contributed by atoms with Gasteiger partial charge in [0.1, 0.15) is 11.5 Å². The Bertz CT molecular complexity index is 1330. The fourth-order valence-corrected chi connectivity index (χ4v) is 3.32. The molecule has 1 N–H and O–H groups in total. The average Bonchev–Trinajstić information content (AvgIpc) is 3.22. The quantitative estimate of drug-likeness (QED) is 0.336. The summed E-state index contributed by atoms with van der Waals surface area (Å²) < 4.78 is 15.6. The number of benzene rings is 3. The monoisotopic (exact) mass is 430 g/mol. The first kappa shape index (κ1) is 20.9. The smallest absolute Gasteiger partial charge is 0.274 e. The lowest BCUT2D eigenvalue weighted by molar-refractivity contribution is -0.384. The van der Waals surface area contributed by atoms with E-state index >= 15 is 0 Å². The number of anilines is 1. The Labute approximate surface area is 183 Å². The van der Waals surface area contributed by atoms with Crippen molar-refractivity contribution < 1.29 is 14.1 Å². The third-order valence-corrected chi connectivity index (χ3v) is 5.03. The molecule has 1 heterocycles. The van der Waals surface area contributed by atoms with Crippen molar-refractivity contribution in [2.75, 3.05) is 5.32 Å². The molecule has 1 aromatic heterocycles. The van der Waals surface area contributed by atoms with Gasteiger partial charge in [0.15, 0.2) is 0 Å². The maximum Gasteiger partial charge on any atom is 0.274 e. The van der Waals surface area contributed by atoms with Gasteiger partial charge in [0.25, 0.3) is 11.6 Å². The van der Waals surface area contributed by atoms with Gasteiger partial charge in [-0.15, -0.1) is 0 Å². The molecule has 8 heteroatoms. The molecule has 3 aromatic carbocycles. The Hall–Kier alpha value is -4.33. The summed E-state index contributed by atoms with van der Waals surface area (Å²) in [5.74, 6) is -1.08. The second-order valence-corrected chi connectivity index (χ2v) is 7.35. The van der Waals surface area contributed by atoms with Gasteiger partial charge in [-0.25, -0.2) is 9.07 Å². The maximum absolute atomic E-state index is 14.1. The first-order valence-electron chi connectivity index (χ1n) is 9.82. The van der Waals surface area contributed by atoms with Crippen LogP contribution in [0, 0.1) is 29.8 Å². The Morgan fingerprint density at radius 2 is 1.75 bits per heavy atom. The second kappa shape index (κ2) is 8.43. The minimum atomic E-state index is -0.547. The standard InChI is InChI=1S/C24H19FN4O3/c1-15-7-8-16(2)22(13-15)28-23(24(30)26-20-6-4-3-5-19(20)25)14-21(27-28)17-9-11-18(12-10-17)29(31)32/h3-14H,1-2H3,(H,26,30). The highest BCUT2D eigenvalue weighted by Gasteiger charge is 2.20. The first-order valence-corrected chi connectivity index (χ1v) is 9.82. The normalized spacial score (nSPS) is 10.7. The number of halogens is 1. The number of para-hydroxylation sites is 1. The van der Waals surface area contributed by atoms with Crippen LogP contribution in [-0.4, -0.2) is 20.6 Å². The molecule has 0 fully saturated rings. The summed E-state index contributed by atoms with van der Waals surface area (Å²) in [6.07, 6.45) is 0. The van der Waals surface area contributed by atoms with Gasteiger partial charge in [0, 0.05) is 17.7 Å². The van der Waals surface area contributed by atoms with E-state index in [4.69, 9.17) is 0 Å². The molecule has 0 aliphatic carbocycles.